The van der Waals surface area contributed by atoms with Crippen molar-refractivity contribution in [1.29, 1.82) is 0 Å². The number of amides is 1. The van der Waals surface area contributed by atoms with Gasteiger partial charge in [-0.1, -0.05) is 15.9 Å². The normalized spacial score (nSPS) is 11.9. The van der Waals surface area contributed by atoms with Gasteiger partial charge in [-0.05, 0) is 18.2 Å². The van der Waals surface area contributed by atoms with Gasteiger partial charge in [-0.15, -0.1) is 0 Å². The van der Waals surface area contributed by atoms with Gasteiger partial charge in [-0.25, -0.2) is 9.18 Å². The molecule has 1 aromatic carbocycles. The topological polar surface area (TPSA) is 86.6 Å². The Hall–Kier alpha value is -1.47. The number of carbonyl (C=O) groups is 2. The van der Waals surface area contributed by atoms with Crippen LogP contribution in [0.25, 0.3) is 0 Å². The summed E-state index contributed by atoms with van der Waals surface area (Å²) in [6.45, 7) is -0.389. The monoisotopic (exact) mass is 319 g/mol. The van der Waals surface area contributed by atoms with E-state index in [0.29, 0.717) is 4.47 Å². The summed E-state index contributed by atoms with van der Waals surface area (Å²) in [6.07, 6.45) is -0.140. The third kappa shape index (κ3) is 3.78. The van der Waals surface area contributed by atoms with Gasteiger partial charge in [0.25, 0.3) is 5.91 Å². The van der Waals surface area contributed by atoms with E-state index in [9.17, 15) is 14.0 Å². The Bertz CT molecular complexity index is 466. The second kappa shape index (κ2) is 6.46. The van der Waals surface area contributed by atoms with Crippen LogP contribution in [0.2, 0.25) is 0 Å². The van der Waals surface area contributed by atoms with Crippen molar-refractivity contribution < 1.29 is 24.2 Å². The summed E-state index contributed by atoms with van der Waals surface area (Å²) in [4.78, 5) is 22.4. The van der Waals surface area contributed by atoms with Crippen molar-refractivity contribution in [2.45, 2.75) is 12.5 Å². The molecule has 0 radical (unpaired) electrons. The van der Waals surface area contributed by atoms with Crippen molar-refractivity contribution in [3.63, 3.8) is 0 Å². The fourth-order valence-electron chi connectivity index (χ4n) is 1.30. The first-order chi connectivity index (χ1) is 8.45. The van der Waals surface area contributed by atoms with Crippen molar-refractivity contribution in [2.75, 3.05) is 6.61 Å². The molecule has 0 aliphatic carbocycles. The Morgan fingerprint density at radius 3 is 2.61 bits per heavy atom. The number of nitrogens with one attached hydrogen (secondary N) is 1. The van der Waals surface area contributed by atoms with E-state index in [2.05, 4.69) is 21.2 Å². The van der Waals surface area contributed by atoms with Crippen molar-refractivity contribution >= 4 is 27.8 Å². The third-order valence-electron chi connectivity index (χ3n) is 2.20. The number of carboxylic acids is 1. The van der Waals surface area contributed by atoms with Gasteiger partial charge in [0.1, 0.15) is 11.9 Å². The first kappa shape index (κ1) is 14.6. The van der Waals surface area contributed by atoms with Gasteiger partial charge in [0.15, 0.2) is 0 Å². The Morgan fingerprint density at radius 2 is 2.11 bits per heavy atom. The highest BCUT2D eigenvalue weighted by molar-refractivity contribution is 9.10. The van der Waals surface area contributed by atoms with Crippen molar-refractivity contribution in [3.05, 3.63) is 34.1 Å². The summed E-state index contributed by atoms with van der Waals surface area (Å²) in [5, 5.41) is 19.6. The molecule has 0 spiro atoms. The zero-order valence-corrected chi connectivity index (χ0v) is 10.8. The Labute approximate surface area is 111 Å². The molecule has 1 rings (SSSR count). The molecule has 1 amide bonds. The zero-order valence-electron chi connectivity index (χ0n) is 9.19. The van der Waals surface area contributed by atoms with Crippen molar-refractivity contribution in [3.8, 4) is 0 Å². The SMILES string of the molecule is O=C(NC(CCO)C(=O)O)c1ccc(Br)cc1F. The average molecular weight is 320 g/mol. The molecule has 1 unspecified atom stereocenters. The molecule has 3 N–H and O–H groups in total. The summed E-state index contributed by atoms with van der Waals surface area (Å²) >= 11 is 3.05. The van der Waals surface area contributed by atoms with Crippen LogP contribution in [0.1, 0.15) is 16.8 Å². The lowest BCUT2D eigenvalue weighted by Gasteiger charge is -2.13. The number of halogens is 2. The molecule has 98 valence electrons. The third-order valence-corrected chi connectivity index (χ3v) is 2.69. The first-order valence-electron chi connectivity index (χ1n) is 5.05. The van der Waals surface area contributed by atoms with Crippen LogP contribution < -0.4 is 5.32 Å². The maximum absolute atomic E-state index is 13.5. The van der Waals surface area contributed by atoms with Crippen LogP contribution in [-0.2, 0) is 4.79 Å². The zero-order chi connectivity index (χ0) is 13.7. The number of carbonyl (C=O) groups excluding carboxylic acids is 1. The smallest absolute Gasteiger partial charge is 0.326 e. The number of hydrogen-bond donors (Lipinski definition) is 3. The number of benzene rings is 1. The summed E-state index contributed by atoms with van der Waals surface area (Å²) in [5.41, 5.74) is -0.248. The lowest BCUT2D eigenvalue weighted by Crippen LogP contribution is -2.41. The van der Waals surface area contributed by atoms with Crippen LogP contribution in [0.3, 0.4) is 0 Å². The number of hydrogen-bond acceptors (Lipinski definition) is 3. The number of aliphatic hydroxyl groups excluding tert-OH is 1. The van der Waals surface area contributed by atoms with E-state index in [1.54, 1.807) is 0 Å². The fraction of sp³-hybridized carbons (Fsp3) is 0.273. The predicted octanol–water partition coefficient (Wildman–Crippen LogP) is 1.15. The summed E-state index contributed by atoms with van der Waals surface area (Å²) < 4.78 is 13.9. The molecule has 1 atom stereocenters. The largest absolute Gasteiger partial charge is 0.480 e. The van der Waals surface area contributed by atoms with Gasteiger partial charge in [0.05, 0.1) is 5.56 Å². The minimum atomic E-state index is -1.28. The van der Waals surface area contributed by atoms with Gasteiger partial charge in [-0.3, -0.25) is 4.79 Å². The van der Waals surface area contributed by atoms with Crippen LogP contribution >= 0.6 is 15.9 Å². The molecule has 0 saturated carbocycles. The molecular formula is C11H11BrFNO4. The number of rotatable bonds is 5. The average Bonchev–Trinajstić information content (AvgIpc) is 2.27. The van der Waals surface area contributed by atoms with E-state index in [1.807, 2.05) is 0 Å². The molecule has 5 nitrogen and oxygen atoms in total. The second-order valence-electron chi connectivity index (χ2n) is 3.50. The molecule has 1 aromatic rings. The van der Waals surface area contributed by atoms with Gasteiger partial charge in [0.2, 0.25) is 0 Å². The number of aliphatic carboxylic acids is 1. The summed E-state index contributed by atoms with van der Waals surface area (Å²) in [6, 6.07) is 2.58. The second-order valence-corrected chi connectivity index (χ2v) is 4.42. The van der Waals surface area contributed by atoms with Crippen LogP contribution in [0.15, 0.2) is 22.7 Å². The van der Waals surface area contributed by atoms with Gasteiger partial charge in [0, 0.05) is 17.5 Å². The summed E-state index contributed by atoms with van der Waals surface area (Å²) in [7, 11) is 0. The molecule has 0 aromatic heterocycles. The Balaban J connectivity index is 2.83. The predicted molar refractivity (Wildman–Crippen MR) is 64.7 cm³/mol. The molecular weight excluding hydrogens is 309 g/mol. The standard InChI is InChI=1S/C11H11BrFNO4/c12-6-1-2-7(8(13)5-6)10(16)14-9(3-4-15)11(17)18/h1-2,5,9,15H,3-4H2,(H,14,16)(H,17,18). The number of carboxylic acid groups (broad SMARTS) is 1. The molecule has 7 heteroatoms. The Morgan fingerprint density at radius 1 is 1.44 bits per heavy atom. The highest BCUT2D eigenvalue weighted by Crippen LogP contribution is 2.15. The van der Waals surface area contributed by atoms with Crippen LogP contribution in [0.5, 0.6) is 0 Å². The van der Waals surface area contributed by atoms with Crippen LogP contribution in [0, 0.1) is 5.82 Å². The van der Waals surface area contributed by atoms with Crippen LogP contribution in [0.4, 0.5) is 4.39 Å². The van der Waals surface area contributed by atoms with E-state index in [-0.39, 0.29) is 18.6 Å². The lowest BCUT2D eigenvalue weighted by molar-refractivity contribution is -0.139. The molecule has 0 aliphatic rings. The maximum atomic E-state index is 13.5. The van der Waals surface area contributed by atoms with Crippen molar-refractivity contribution in [2.24, 2.45) is 0 Å². The van der Waals surface area contributed by atoms with E-state index in [0.717, 1.165) is 6.07 Å². The minimum absolute atomic E-state index is 0.140. The van der Waals surface area contributed by atoms with Gasteiger partial charge < -0.3 is 15.5 Å². The van der Waals surface area contributed by atoms with Crippen molar-refractivity contribution in [1.82, 2.24) is 5.32 Å². The lowest BCUT2D eigenvalue weighted by atomic mass is 10.1. The Kier molecular flexibility index (Phi) is 5.24. The van der Waals surface area contributed by atoms with E-state index < -0.39 is 23.7 Å². The molecule has 0 heterocycles. The number of aliphatic hydroxyl groups is 1. The quantitative estimate of drug-likeness (QED) is 0.760. The molecule has 0 saturated heterocycles. The molecule has 0 aliphatic heterocycles. The minimum Gasteiger partial charge on any atom is -0.480 e. The van der Waals surface area contributed by atoms with E-state index in [4.69, 9.17) is 10.2 Å². The fourth-order valence-corrected chi connectivity index (χ4v) is 1.63. The van der Waals surface area contributed by atoms with E-state index >= 15 is 0 Å². The van der Waals surface area contributed by atoms with E-state index in [1.165, 1.54) is 12.1 Å². The van der Waals surface area contributed by atoms with Crippen LogP contribution in [-0.4, -0.2) is 34.7 Å². The summed E-state index contributed by atoms with van der Waals surface area (Å²) in [5.74, 6) is -2.87. The molecule has 18 heavy (non-hydrogen) atoms. The van der Waals surface area contributed by atoms with Gasteiger partial charge in [-0.2, -0.15) is 0 Å². The highest BCUT2D eigenvalue weighted by Gasteiger charge is 2.21. The first-order valence-corrected chi connectivity index (χ1v) is 5.84. The maximum Gasteiger partial charge on any atom is 0.326 e. The highest BCUT2D eigenvalue weighted by atomic mass is 79.9. The van der Waals surface area contributed by atoms with Gasteiger partial charge >= 0.3 is 5.97 Å². The molecule has 0 fully saturated rings. The molecule has 0 bridgehead atoms.